The SMILES string of the molecule is CC(C)(C)c1ccc2[cH-]c3ccc(C(C)(C)C)cc3c2c1.COc1ccc([C](=[Zr+2])c2ccc(OC)c(C)c2)cc1C.[C-]1=CC=CC1.[Cl-].[Cl-]. The van der Waals surface area contributed by atoms with E-state index >= 15 is 0 Å². The third kappa shape index (κ3) is 10.3. The first-order valence-electron chi connectivity index (χ1n) is 16.0. The molecule has 5 aromatic rings. The predicted molar refractivity (Wildman–Crippen MR) is 195 cm³/mol. The van der Waals surface area contributed by atoms with Gasteiger partial charge in [-0.25, -0.2) is 12.2 Å². The average molecular weight is 759 g/mol. The Labute approximate surface area is 316 Å². The quantitative estimate of drug-likeness (QED) is 0.239. The number of halogens is 2. The molecule has 0 heterocycles. The third-order valence-electron chi connectivity index (χ3n) is 8.39. The number of allylic oxidation sites excluding steroid dienone is 4. The second-order valence-corrected chi connectivity index (χ2v) is 15.2. The number of hydrogen-bond donors (Lipinski definition) is 0. The molecule has 0 amide bonds. The summed E-state index contributed by atoms with van der Waals surface area (Å²) in [5.41, 5.74) is 8.04. The molecule has 0 N–H and O–H groups in total. The monoisotopic (exact) mass is 756 g/mol. The Hall–Kier alpha value is -2.84. The zero-order chi connectivity index (χ0) is 33.6. The fourth-order valence-corrected chi connectivity index (χ4v) is 6.27. The summed E-state index contributed by atoms with van der Waals surface area (Å²) in [5.74, 6) is 1.87. The molecular formula is C43H48Cl2O2Zr-2. The van der Waals surface area contributed by atoms with Crippen LogP contribution >= 0.6 is 0 Å². The van der Waals surface area contributed by atoms with Crippen LogP contribution in [0.2, 0.25) is 0 Å². The summed E-state index contributed by atoms with van der Waals surface area (Å²) in [4.78, 5) is 0. The minimum absolute atomic E-state index is 0. The summed E-state index contributed by atoms with van der Waals surface area (Å²) in [7, 11) is 3.41. The van der Waals surface area contributed by atoms with Gasteiger partial charge in [-0.15, -0.1) is 46.2 Å². The van der Waals surface area contributed by atoms with Gasteiger partial charge in [-0.05, 0) is 10.8 Å². The van der Waals surface area contributed by atoms with Crippen molar-refractivity contribution in [2.75, 3.05) is 14.2 Å². The molecule has 0 bridgehead atoms. The molecule has 0 atom stereocenters. The van der Waals surface area contributed by atoms with Gasteiger partial charge in [0.1, 0.15) is 0 Å². The predicted octanol–water partition coefficient (Wildman–Crippen LogP) is 5.06. The second-order valence-electron chi connectivity index (χ2n) is 14.0. The summed E-state index contributed by atoms with van der Waals surface area (Å²) in [6, 6.07) is 28.8. The Morgan fingerprint density at radius 1 is 0.667 bits per heavy atom. The van der Waals surface area contributed by atoms with Crippen molar-refractivity contribution in [2.24, 2.45) is 0 Å². The van der Waals surface area contributed by atoms with E-state index in [-0.39, 0.29) is 35.6 Å². The van der Waals surface area contributed by atoms with E-state index in [4.69, 9.17) is 9.47 Å². The van der Waals surface area contributed by atoms with Gasteiger partial charge in [0.15, 0.2) is 0 Å². The molecule has 48 heavy (non-hydrogen) atoms. The number of hydrogen-bond acceptors (Lipinski definition) is 2. The fraction of sp³-hybridized carbons (Fsp3) is 0.302. The molecule has 0 fully saturated rings. The molecule has 0 aliphatic heterocycles. The van der Waals surface area contributed by atoms with Crippen molar-refractivity contribution in [3.05, 3.63) is 137 Å². The molecule has 1 aliphatic rings. The molecule has 0 saturated heterocycles. The van der Waals surface area contributed by atoms with E-state index in [1.807, 2.05) is 24.3 Å². The van der Waals surface area contributed by atoms with Gasteiger partial charge in [0.2, 0.25) is 0 Å². The van der Waals surface area contributed by atoms with Crippen LogP contribution in [-0.4, -0.2) is 17.4 Å². The Morgan fingerprint density at radius 2 is 1.10 bits per heavy atom. The molecule has 252 valence electrons. The Morgan fingerprint density at radius 3 is 1.40 bits per heavy atom. The van der Waals surface area contributed by atoms with E-state index in [9.17, 15) is 0 Å². The summed E-state index contributed by atoms with van der Waals surface area (Å²) in [6.07, 6.45) is 10.0. The third-order valence-corrected chi connectivity index (χ3v) is 9.81. The van der Waals surface area contributed by atoms with Gasteiger partial charge in [-0.3, -0.25) is 6.08 Å². The number of benzene rings is 4. The number of aryl methyl sites for hydroxylation is 2. The van der Waals surface area contributed by atoms with Crippen molar-refractivity contribution in [3.63, 3.8) is 0 Å². The zero-order valence-electron chi connectivity index (χ0n) is 30.0. The van der Waals surface area contributed by atoms with E-state index in [0.29, 0.717) is 0 Å². The largest absolute Gasteiger partial charge is 1.00 e. The van der Waals surface area contributed by atoms with Crippen LogP contribution in [0.1, 0.15) is 81.3 Å². The van der Waals surface area contributed by atoms with Gasteiger partial charge in [-0.2, -0.15) is 6.08 Å². The molecule has 0 aromatic heterocycles. The zero-order valence-corrected chi connectivity index (χ0v) is 34.0. The van der Waals surface area contributed by atoms with Crippen molar-refractivity contribution in [1.82, 2.24) is 0 Å². The fourth-order valence-electron chi connectivity index (χ4n) is 5.51. The van der Waals surface area contributed by atoms with Gasteiger partial charge in [0, 0.05) is 0 Å². The van der Waals surface area contributed by atoms with Crippen LogP contribution in [0.4, 0.5) is 0 Å². The Kier molecular flexibility index (Phi) is 15.2. The van der Waals surface area contributed by atoms with E-state index in [2.05, 4.69) is 134 Å². The molecule has 1 aliphatic carbocycles. The molecular weight excluding hydrogens is 711 g/mol. The summed E-state index contributed by atoms with van der Waals surface area (Å²) in [5, 5.41) is 5.49. The van der Waals surface area contributed by atoms with Crippen molar-refractivity contribution in [3.8, 4) is 11.5 Å². The van der Waals surface area contributed by atoms with E-state index in [1.54, 1.807) is 14.2 Å². The number of fused-ring (bicyclic) bond motifs is 3. The van der Waals surface area contributed by atoms with Crippen LogP contribution < -0.4 is 34.3 Å². The maximum Gasteiger partial charge on any atom is -0.109 e. The molecule has 5 aromatic carbocycles. The average Bonchev–Trinajstić information content (AvgIpc) is 3.71. The van der Waals surface area contributed by atoms with Crippen LogP contribution in [0.15, 0.2) is 97.1 Å². The normalized spacial score (nSPS) is 11.9. The second kappa shape index (κ2) is 17.7. The van der Waals surface area contributed by atoms with Crippen molar-refractivity contribution in [1.29, 1.82) is 0 Å². The first kappa shape index (κ1) is 41.3. The maximum atomic E-state index is 5.32. The van der Waals surface area contributed by atoms with E-state index < -0.39 is 0 Å². The maximum absolute atomic E-state index is 5.32. The Bertz CT molecular complexity index is 1760. The number of rotatable bonds is 4. The first-order chi connectivity index (χ1) is 21.7. The number of methoxy groups -OCH3 is 2. The topological polar surface area (TPSA) is 18.5 Å². The van der Waals surface area contributed by atoms with E-state index in [1.165, 1.54) is 71.2 Å². The molecule has 0 spiro atoms. The van der Waals surface area contributed by atoms with Gasteiger partial charge < -0.3 is 24.8 Å². The van der Waals surface area contributed by atoms with Crippen molar-refractivity contribution >= 4 is 24.8 Å². The van der Waals surface area contributed by atoms with Gasteiger partial charge in [-0.1, -0.05) is 76.9 Å². The van der Waals surface area contributed by atoms with Crippen LogP contribution in [0.3, 0.4) is 0 Å². The standard InChI is InChI=1S/C21H25.C17H18O2.C5H5.2ClH.Zr/c1-20(2,3)16-9-7-14-11-15-8-10-17(21(4,5)6)13-19(15)18(14)12-16;1-12-9-14(5-7-16(12)18-3)11-15-6-8-17(19-4)13(2)10-15;1-2-4-5-3-1;;;/h7-13H,1-6H3;5-10H,1-4H3;1-3H,4H2;2*1H;/q-1;;-1;;;+2/p-2. The van der Waals surface area contributed by atoms with Crippen LogP contribution in [0.25, 0.3) is 21.5 Å². The first-order valence-corrected chi connectivity index (χ1v) is 17.2. The molecule has 6 rings (SSSR count). The molecule has 0 radical (unpaired) electrons. The van der Waals surface area contributed by atoms with Gasteiger partial charge >= 0.3 is 135 Å². The summed E-state index contributed by atoms with van der Waals surface area (Å²) in [6.45, 7) is 17.8. The minimum atomic E-state index is 0. The smallest absolute Gasteiger partial charge is 0.109 e. The van der Waals surface area contributed by atoms with Crippen molar-refractivity contribution in [2.45, 2.75) is 72.6 Å². The number of ether oxygens (including phenoxy) is 2. The molecule has 5 heteroatoms. The molecule has 0 unspecified atom stereocenters. The van der Waals surface area contributed by atoms with Gasteiger partial charge in [0.05, 0.1) is 0 Å². The van der Waals surface area contributed by atoms with Gasteiger partial charge in [0.25, 0.3) is 0 Å². The summed E-state index contributed by atoms with van der Waals surface area (Å²) < 4.78 is 12.0. The minimum Gasteiger partial charge on any atom is -1.00 e. The Balaban J connectivity index is 0.000000281. The van der Waals surface area contributed by atoms with Crippen LogP contribution in [0, 0.1) is 19.9 Å². The van der Waals surface area contributed by atoms with E-state index in [0.717, 1.165) is 29.0 Å². The molecule has 2 nitrogen and oxygen atoms in total. The van der Waals surface area contributed by atoms with Crippen LogP contribution in [-0.2, 0) is 35.1 Å². The molecule has 0 saturated carbocycles. The summed E-state index contributed by atoms with van der Waals surface area (Å²) >= 11 is 1.40. The van der Waals surface area contributed by atoms with Crippen LogP contribution in [0.5, 0.6) is 11.5 Å². The van der Waals surface area contributed by atoms with Crippen molar-refractivity contribution < 1.29 is 58.5 Å².